The van der Waals surface area contributed by atoms with Crippen LogP contribution in [0.5, 0.6) is 0 Å². The van der Waals surface area contributed by atoms with Crippen molar-refractivity contribution in [1.29, 1.82) is 0 Å². The van der Waals surface area contributed by atoms with Crippen LogP contribution < -0.4 is 5.32 Å². The molecule has 1 atom stereocenters. The number of benzene rings is 1. The summed E-state index contributed by atoms with van der Waals surface area (Å²) in [4.78, 5) is 34.0. The number of thiazole rings is 1. The highest BCUT2D eigenvalue weighted by molar-refractivity contribution is 7.17. The fraction of sp³-hybridized carbons (Fsp3) is 0.200. The molecule has 0 saturated heterocycles. The van der Waals surface area contributed by atoms with Crippen LogP contribution in [0.4, 0.5) is 0 Å². The van der Waals surface area contributed by atoms with Crippen LogP contribution >= 0.6 is 22.9 Å². The van der Waals surface area contributed by atoms with Crippen molar-refractivity contribution in [2.24, 2.45) is 0 Å². The number of methoxy groups -OCH3 is 1. The highest BCUT2D eigenvalue weighted by Crippen LogP contribution is 2.29. The van der Waals surface area contributed by atoms with Gasteiger partial charge in [-0.15, -0.1) is 11.3 Å². The van der Waals surface area contributed by atoms with Crippen LogP contribution in [0, 0.1) is 6.92 Å². The molecule has 0 unspecified atom stereocenters. The minimum absolute atomic E-state index is 0.0308. The van der Waals surface area contributed by atoms with E-state index in [2.05, 4.69) is 15.3 Å². The first-order valence-corrected chi connectivity index (χ1v) is 9.70. The average molecular weight is 416 g/mol. The molecule has 3 rings (SSSR count). The average Bonchev–Trinajstić information content (AvgIpc) is 3.10. The lowest BCUT2D eigenvalue weighted by molar-refractivity contribution is -0.141. The molecule has 0 spiro atoms. The summed E-state index contributed by atoms with van der Waals surface area (Å²) < 4.78 is 4.76. The summed E-state index contributed by atoms with van der Waals surface area (Å²) in [5.41, 5.74) is 1.95. The number of rotatable bonds is 6. The van der Waals surface area contributed by atoms with E-state index < -0.39 is 12.0 Å². The molecule has 3 aromatic rings. The Hall–Kier alpha value is -2.77. The SMILES string of the molecule is COC(=O)C[C@H](NC(=O)c1sc(-c2ccccn2)nc1C)c1ccccc1Cl. The van der Waals surface area contributed by atoms with Crippen LogP contribution in [0.15, 0.2) is 48.7 Å². The van der Waals surface area contributed by atoms with Gasteiger partial charge in [0.1, 0.15) is 9.88 Å². The van der Waals surface area contributed by atoms with E-state index >= 15 is 0 Å². The second kappa shape index (κ2) is 8.95. The molecule has 2 aromatic heterocycles. The van der Waals surface area contributed by atoms with Gasteiger partial charge >= 0.3 is 5.97 Å². The number of hydrogen-bond acceptors (Lipinski definition) is 6. The predicted molar refractivity (Wildman–Crippen MR) is 108 cm³/mol. The number of esters is 1. The first kappa shape index (κ1) is 20.0. The van der Waals surface area contributed by atoms with Gasteiger partial charge < -0.3 is 10.1 Å². The lowest BCUT2D eigenvalue weighted by atomic mass is 10.0. The monoisotopic (exact) mass is 415 g/mol. The van der Waals surface area contributed by atoms with Crippen molar-refractivity contribution >= 4 is 34.8 Å². The molecule has 0 fully saturated rings. The molecule has 0 aliphatic heterocycles. The van der Waals surface area contributed by atoms with E-state index in [1.807, 2.05) is 18.2 Å². The number of carbonyl (C=O) groups is 2. The highest BCUT2D eigenvalue weighted by Gasteiger charge is 2.24. The molecule has 28 heavy (non-hydrogen) atoms. The van der Waals surface area contributed by atoms with Gasteiger partial charge in [0, 0.05) is 11.2 Å². The summed E-state index contributed by atoms with van der Waals surface area (Å²) in [5.74, 6) is -0.772. The van der Waals surface area contributed by atoms with Crippen LogP contribution in [0.1, 0.15) is 33.4 Å². The summed E-state index contributed by atoms with van der Waals surface area (Å²) in [6, 6.07) is 12.0. The van der Waals surface area contributed by atoms with Crippen LogP contribution in [-0.2, 0) is 9.53 Å². The Morgan fingerprint density at radius 1 is 1.21 bits per heavy atom. The number of amides is 1. The van der Waals surface area contributed by atoms with Crippen molar-refractivity contribution in [1.82, 2.24) is 15.3 Å². The molecule has 6 nitrogen and oxygen atoms in total. The normalized spacial score (nSPS) is 11.7. The molecule has 1 amide bonds. The number of halogens is 1. The highest BCUT2D eigenvalue weighted by atomic mass is 35.5. The molecular weight excluding hydrogens is 398 g/mol. The molecule has 0 radical (unpaired) electrons. The summed E-state index contributed by atoms with van der Waals surface area (Å²) >= 11 is 7.52. The lowest BCUT2D eigenvalue weighted by Crippen LogP contribution is -2.30. The van der Waals surface area contributed by atoms with Gasteiger partial charge in [-0.2, -0.15) is 0 Å². The van der Waals surface area contributed by atoms with E-state index in [0.29, 0.717) is 31.9 Å². The third-order valence-electron chi connectivity index (χ3n) is 4.07. The van der Waals surface area contributed by atoms with Crippen LogP contribution in [0.3, 0.4) is 0 Å². The second-order valence-electron chi connectivity index (χ2n) is 5.98. The van der Waals surface area contributed by atoms with Gasteiger partial charge in [-0.1, -0.05) is 35.9 Å². The smallest absolute Gasteiger partial charge is 0.307 e. The largest absolute Gasteiger partial charge is 0.469 e. The first-order valence-electron chi connectivity index (χ1n) is 8.50. The number of nitrogens with zero attached hydrogens (tertiary/aromatic N) is 2. The zero-order valence-corrected chi connectivity index (χ0v) is 16.9. The molecule has 144 valence electrons. The Morgan fingerprint density at radius 3 is 2.64 bits per heavy atom. The molecule has 0 bridgehead atoms. The van der Waals surface area contributed by atoms with Crippen molar-refractivity contribution in [3.8, 4) is 10.7 Å². The molecular formula is C20H18ClN3O3S. The molecule has 0 aliphatic rings. The summed E-state index contributed by atoms with van der Waals surface area (Å²) in [5, 5.41) is 4.01. The third-order valence-corrected chi connectivity index (χ3v) is 5.59. The lowest BCUT2D eigenvalue weighted by Gasteiger charge is -2.19. The molecule has 0 saturated carbocycles. The molecule has 1 N–H and O–H groups in total. The van der Waals surface area contributed by atoms with Gasteiger partial charge in [-0.3, -0.25) is 14.6 Å². The van der Waals surface area contributed by atoms with Crippen LogP contribution in [0.2, 0.25) is 5.02 Å². The Morgan fingerprint density at radius 2 is 1.96 bits per heavy atom. The molecule has 2 heterocycles. The fourth-order valence-electron chi connectivity index (χ4n) is 2.68. The third kappa shape index (κ3) is 4.55. The standard InChI is InChI=1S/C20H18ClN3O3S/c1-12-18(28-20(23-12)15-9-5-6-10-22-15)19(26)24-16(11-17(25)27-2)13-7-3-4-8-14(13)21/h3-10,16H,11H2,1-2H3,(H,24,26)/t16-/m0/s1. The Labute approximate surface area is 171 Å². The van der Waals surface area contributed by atoms with E-state index in [0.717, 1.165) is 0 Å². The number of ether oxygens (including phenoxy) is 1. The van der Waals surface area contributed by atoms with Crippen LogP contribution in [-0.4, -0.2) is 29.0 Å². The Bertz CT molecular complexity index is 991. The minimum atomic E-state index is -0.617. The van der Waals surface area contributed by atoms with Gasteiger partial charge in [0.2, 0.25) is 0 Å². The molecule has 8 heteroatoms. The van der Waals surface area contributed by atoms with Crippen LogP contribution in [0.25, 0.3) is 10.7 Å². The second-order valence-corrected chi connectivity index (χ2v) is 7.38. The molecule has 1 aromatic carbocycles. The van der Waals surface area contributed by atoms with Gasteiger partial charge in [-0.25, -0.2) is 4.98 Å². The predicted octanol–water partition coefficient (Wildman–Crippen LogP) is 4.20. The maximum Gasteiger partial charge on any atom is 0.307 e. The number of hydrogen-bond donors (Lipinski definition) is 1. The summed E-state index contributed by atoms with van der Waals surface area (Å²) in [6.45, 7) is 1.77. The number of aryl methyl sites for hydroxylation is 1. The topological polar surface area (TPSA) is 81.2 Å². The van der Waals surface area contributed by atoms with Crippen molar-refractivity contribution in [3.05, 3.63) is 69.8 Å². The fourth-order valence-corrected chi connectivity index (χ4v) is 3.89. The van der Waals surface area contributed by atoms with Gasteiger partial charge in [0.15, 0.2) is 0 Å². The maximum absolute atomic E-state index is 12.9. The van der Waals surface area contributed by atoms with Crippen molar-refractivity contribution in [2.45, 2.75) is 19.4 Å². The number of carbonyl (C=O) groups excluding carboxylic acids is 2. The maximum atomic E-state index is 12.9. The van der Waals surface area contributed by atoms with E-state index in [9.17, 15) is 9.59 Å². The van der Waals surface area contributed by atoms with E-state index in [1.165, 1.54) is 18.4 Å². The summed E-state index contributed by atoms with van der Waals surface area (Å²) in [6.07, 6.45) is 1.65. The minimum Gasteiger partial charge on any atom is -0.469 e. The number of nitrogens with one attached hydrogen (secondary N) is 1. The van der Waals surface area contributed by atoms with Gasteiger partial charge in [-0.05, 0) is 30.7 Å². The van der Waals surface area contributed by atoms with Crippen molar-refractivity contribution < 1.29 is 14.3 Å². The van der Waals surface area contributed by atoms with Gasteiger partial charge in [0.25, 0.3) is 5.91 Å². The van der Waals surface area contributed by atoms with E-state index in [-0.39, 0.29) is 12.3 Å². The summed E-state index contributed by atoms with van der Waals surface area (Å²) in [7, 11) is 1.31. The van der Waals surface area contributed by atoms with E-state index in [1.54, 1.807) is 37.4 Å². The zero-order valence-electron chi connectivity index (χ0n) is 15.3. The quantitative estimate of drug-likeness (QED) is 0.610. The van der Waals surface area contributed by atoms with E-state index in [4.69, 9.17) is 16.3 Å². The Kier molecular flexibility index (Phi) is 6.38. The van der Waals surface area contributed by atoms with Gasteiger partial charge in [0.05, 0.1) is 31.0 Å². The number of aromatic nitrogens is 2. The van der Waals surface area contributed by atoms with Crippen molar-refractivity contribution in [2.75, 3.05) is 7.11 Å². The Balaban J connectivity index is 1.87. The number of pyridine rings is 1. The van der Waals surface area contributed by atoms with Crippen molar-refractivity contribution in [3.63, 3.8) is 0 Å². The first-order chi connectivity index (χ1) is 13.5. The zero-order chi connectivity index (χ0) is 20.1. The molecule has 0 aliphatic carbocycles.